The van der Waals surface area contributed by atoms with Crippen LogP contribution in [0.4, 0.5) is 0 Å². The molecule has 0 N–H and O–H groups in total. The Morgan fingerprint density at radius 2 is 1.32 bits per heavy atom. The van der Waals surface area contributed by atoms with E-state index in [9.17, 15) is 0 Å². The molecule has 0 heterocycles. The lowest BCUT2D eigenvalue weighted by Gasteiger charge is -2.90. The van der Waals surface area contributed by atoms with Crippen LogP contribution in [0.3, 0.4) is 0 Å². The maximum Gasteiger partial charge on any atom is 0.227 e. The minimum absolute atomic E-state index is 0.0478. The molecule has 4 atom stereocenters. The Labute approximate surface area is 228 Å². The first-order chi connectivity index (χ1) is 18.4. The maximum absolute atomic E-state index is 7.08. The van der Waals surface area contributed by atoms with Gasteiger partial charge in [0.25, 0.3) is 0 Å². The molecule has 0 radical (unpaired) electrons. The topological polar surface area (TPSA) is 18.5 Å². The van der Waals surface area contributed by atoms with E-state index in [4.69, 9.17) is 9.47 Å². The third-order valence-electron chi connectivity index (χ3n) is 10.8. The molecule has 4 saturated carbocycles. The van der Waals surface area contributed by atoms with Crippen LogP contribution in [0.1, 0.15) is 83.1 Å². The van der Waals surface area contributed by atoms with Gasteiger partial charge in [-0.1, -0.05) is 94.4 Å². The van der Waals surface area contributed by atoms with E-state index >= 15 is 0 Å². The fourth-order valence-electron chi connectivity index (χ4n) is 9.08. The van der Waals surface area contributed by atoms with Crippen LogP contribution in [-0.4, -0.2) is 5.60 Å². The Morgan fingerprint density at radius 1 is 0.711 bits per heavy atom. The molecule has 0 saturated heterocycles. The normalized spacial score (nSPS) is 31.7. The van der Waals surface area contributed by atoms with Crippen LogP contribution < -0.4 is 4.74 Å². The predicted molar refractivity (Wildman–Crippen MR) is 154 cm³/mol. The zero-order valence-electron chi connectivity index (χ0n) is 23.4. The minimum Gasteiger partial charge on any atom is -0.461 e. The van der Waals surface area contributed by atoms with Crippen molar-refractivity contribution in [2.24, 2.45) is 35.0 Å². The largest absolute Gasteiger partial charge is 0.461 e. The molecule has 3 aromatic carbocycles. The summed E-state index contributed by atoms with van der Waals surface area (Å²) in [5.41, 5.74) is 5.54. The zero-order chi connectivity index (χ0) is 26.1. The van der Waals surface area contributed by atoms with Gasteiger partial charge in [0.2, 0.25) is 6.29 Å². The Kier molecular flexibility index (Phi) is 5.78. The van der Waals surface area contributed by atoms with Crippen molar-refractivity contribution in [3.63, 3.8) is 0 Å². The Balaban J connectivity index is 1.14. The van der Waals surface area contributed by atoms with Crippen molar-refractivity contribution in [1.29, 1.82) is 0 Å². The number of hydrogen-bond donors (Lipinski definition) is 0. The molecule has 4 aliphatic rings. The molecule has 0 aromatic heterocycles. The van der Waals surface area contributed by atoms with E-state index in [0.717, 1.165) is 29.1 Å². The SMILES string of the molecule is CC(C)CC(c1ccc(OC(OC23CC4CC5CC(C2)C543)c2ccc(-c3ccccc3)cc2)cc1)C(C)C. The first kappa shape index (κ1) is 24.5. The highest BCUT2D eigenvalue weighted by Crippen LogP contribution is 2.90. The van der Waals surface area contributed by atoms with Crippen LogP contribution >= 0.6 is 0 Å². The maximum atomic E-state index is 7.08. The van der Waals surface area contributed by atoms with Gasteiger partial charge < -0.3 is 9.47 Å². The lowest BCUT2D eigenvalue weighted by Crippen LogP contribution is -2.89. The molecule has 2 nitrogen and oxygen atoms in total. The van der Waals surface area contributed by atoms with Crippen molar-refractivity contribution in [1.82, 2.24) is 0 Å². The summed E-state index contributed by atoms with van der Waals surface area (Å²) in [6, 6.07) is 28.3. The van der Waals surface area contributed by atoms with Gasteiger partial charge in [0.05, 0.1) is 5.60 Å². The molecule has 0 aliphatic heterocycles. The molecule has 1 spiro atoms. The van der Waals surface area contributed by atoms with Gasteiger partial charge in [-0.2, -0.15) is 0 Å². The van der Waals surface area contributed by atoms with E-state index in [2.05, 4.69) is 107 Å². The summed E-state index contributed by atoms with van der Waals surface area (Å²) < 4.78 is 13.8. The first-order valence-electron chi connectivity index (χ1n) is 15.0. The monoisotopic (exact) mass is 506 g/mol. The van der Waals surface area contributed by atoms with Gasteiger partial charge in [0.1, 0.15) is 5.75 Å². The van der Waals surface area contributed by atoms with Crippen LogP contribution in [0.5, 0.6) is 5.75 Å². The van der Waals surface area contributed by atoms with E-state index in [0.29, 0.717) is 23.2 Å². The fourth-order valence-corrected chi connectivity index (χ4v) is 9.08. The average Bonchev–Trinajstić information content (AvgIpc) is 2.88. The quantitative estimate of drug-likeness (QED) is 0.255. The molecule has 4 aliphatic carbocycles. The summed E-state index contributed by atoms with van der Waals surface area (Å²) in [6.07, 6.45) is 6.17. The number of hydrogen-bond acceptors (Lipinski definition) is 2. The van der Waals surface area contributed by atoms with Crippen molar-refractivity contribution >= 4 is 0 Å². The molecular formula is C36H42O2. The number of ether oxygens (including phenoxy) is 2. The van der Waals surface area contributed by atoms with Crippen LogP contribution in [0, 0.1) is 35.0 Å². The van der Waals surface area contributed by atoms with Crippen molar-refractivity contribution < 1.29 is 9.47 Å². The van der Waals surface area contributed by atoms with Crippen LogP contribution in [-0.2, 0) is 4.74 Å². The number of benzene rings is 3. The van der Waals surface area contributed by atoms with E-state index in [1.807, 2.05) is 0 Å². The summed E-state index contributed by atoms with van der Waals surface area (Å²) in [7, 11) is 0. The zero-order valence-corrected chi connectivity index (χ0v) is 23.4. The molecule has 0 bridgehead atoms. The highest BCUT2D eigenvalue weighted by atomic mass is 16.7. The van der Waals surface area contributed by atoms with Crippen LogP contribution in [0.25, 0.3) is 11.1 Å². The van der Waals surface area contributed by atoms with Gasteiger partial charge >= 0.3 is 0 Å². The number of rotatable bonds is 10. The molecule has 2 heteroatoms. The molecule has 0 amide bonds. The fraction of sp³-hybridized carbons (Fsp3) is 0.500. The summed E-state index contributed by atoms with van der Waals surface area (Å²) in [6.45, 7) is 9.32. The molecule has 4 fully saturated rings. The summed E-state index contributed by atoms with van der Waals surface area (Å²) in [5.74, 6) is 5.52. The van der Waals surface area contributed by atoms with Gasteiger partial charge in [-0.15, -0.1) is 0 Å². The van der Waals surface area contributed by atoms with Crippen molar-refractivity contribution in [2.45, 2.75) is 77.6 Å². The van der Waals surface area contributed by atoms with E-state index in [1.165, 1.54) is 48.8 Å². The van der Waals surface area contributed by atoms with Gasteiger partial charge in [0, 0.05) is 11.0 Å². The van der Waals surface area contributed by atoms with Crippen molar-refractivity contribution in [3.05, 3.63) is 90.0 Å². The molecule has 38 heavy (non-hydrogen) atoms. The molecule has 198 valence electrons. The second-order valence-electron chi connectivity index (χ2n) is 13.5. The average molecular weight is 507 g/mol. The standard InChI is InChI=1S/C36H42O2/c1-23(2)18-33(24(3)4)27-14-16-32(17-15-27)37-34(28-12-10-26(11-13-28)25-8-6-5-7-9-25)38-35-21-30-19-29-20-31(22-35)36(29,30)35/h5-17,23-24,29-31,33-34H,18-22H2,1-4H3. The summed E-state index contributed by atoms with van der Waals surface area (Å²) >= 11 is 0. The Hall–Kier alpha value is -2.58. The van der Waals surface area contributed by atoms with Gasteiger partial charge in [-0.25, -0.2) is 0 Å². The van der Waals surface area contributed by atoms with Crippen molar-refractivity contribution in [2.75, 3.05) is 0 Å². The Morgan fingerprint density at radius 3 is 1.87 bits per heavy atom. The molecular weight excluding hydrogens is 464 g/mol. The van der Waals surface area contributed by atoms with Gasteiger partial charge in [-0.05, 0) is 96.4 Å². The third kappa shape index (κ3) is 3.55. The van der Waals surface area contributed by atoms with Crippen molar-refractivity contribution in [3.8, 4) is 16.9 Å². The predicted octanol–water partition coefficient (Wildman–Crippen LogP) is 9.42. The molecule has 3 aromatic rings. The van der Waals surface area contributed by atoms with Gasteiger partial charge in [0.15, 0.2) is 0 Å². The highest BCUT2D eigenvalue weighted by molar-refractivity contribution is 5.63. The van der Waals surface area contributed by atoms with Gasteiger partial charge in [-0.3, -0.25) is 0 Å². The van der Waals surface area contributed by atoms with Crippen LogP contribution in [0.15, 0.2) is 78.9 Å². The van der Waals surface area contributed by atoms with Crippen LogP contribution in [0.2, 0.25) is 0 Å². The third-order valence-corrected chi connectivity index (χ3v) is 10.8. The van der Waals surface area contributed by atoms with E-state index in [1.54, 1.807) is 0 Å². The smallest absolute Gasteiger partial charge is 0.227 e. The second-order valence-corrected chi connectivity index (χ2v) is 13.5. The lowest BCUT2D eigenvalue weighted by atomic mass is 9.16. The molecule has 4 unspecified atom stereocenters. The van der Waals surface area contributed by atoms with E-state index < -0.39 is 0 Å². The van der Waals surface area contributed by atoms with E-state index in [-0.39, 0.29) is 11.9 Å². The summed E-state index contributed by atoms with van der Waals surface area (Å²) in [5, 5.41) is 0. The molecule has 7 rings (SSSR count). The minimum atomic E-state index is -0.375. The first-order valence-corrected chi connectivity index (χ1v) is 15.0. The lowest BCUT2D eigenvalue weighted by molar-refractivity contribution is -0.476. The second kappa shape index (κ2) is 8.98. The summed E-state index contributed by atoms with van der Waals surface area (Å²) in [4.78, 5) is 0. The highest BCUT2D eigenvalue weighted by Gasteiger charge is 2.89. The Bertz CT molecular complexity index is 1250.